The summed E-state index contributed by atoms with van der Waals surface area (Å²) in [6.07, 6.45) is 1.74. The van der Waals surface area contributed by atoms with Crippen molar-refractivity contribution in [3.8, 4) is 0 Å². The van der Waals surface area contributed by atoms with E-state index in [0.29, 0.717) is 0 Å². The molecule has 0 aromatic heterocycles. The van der Waals surface area contributed by atoms with E-state index in [9.17, 15) is 19.7 Å². The second-order valence-corrected chi connectivity index (χ2v) is 5.27. The van der Waals surface area contributed by atoms with Gasteiger partial charge in [0.15, 0.2) is 0 Å². The minimum absolute atomic E-state index is 0.127. The second-order valence-electron chi connectivity index (χ2n) is 5.27. The van der Waals surface area contributed by atoms with Crippen molar-refractivity contribution in [3.05, 3.63) is 33.9 Å². The molecule has 8 heteroatoms. The van der Waals surface area contributed by atoms with E-state index in [0.717, 1.165) is 12.8 Å². The maximum absolute atomic E-state index is 11.9. The summed E-state index contributed by atoms with van der Waals surface area (Å²) < 4.78 is 0. The van der Waals surface area contributed by atoms with E-state index in [-0.39, 0.29) is 41.9 Å². The number of carboxylic acid groups (broad SMARTS) is 1. The lowest BCUT2D eigenvalue weighted by Crippen LogP contribution is -2.26. The third kappa shape index (κ3) is 3.94. The number of nitro groups is 1. The first-order valence-corrected chi connectivity index (χ1v) is 6.90. The van der Waals surface area contributed by atoms with Crippen LogP contribution in [0, 0.1) is 10.1 Å². The molecule has 8 nitrogen and oxygen atoms in total. The smallest absolute Gasteiger partial charge is 0.305 e. The SMILES string of the molecule is CN(CCC(=O)O)c1ccc(C(=O)NC2CC2)cc1[N+](=O)[O-]. The number of nitrogens with one attached hydrogen (secondary N) is 1. The van der Waals surface area contributed by atoms with Crippen LogP contribution >= 0.6 is 0 Å². The Labute approximate surface area is 126 Å². The summed E-state index contributed by atoms with van der Waals surface area (Å²) in [4.78, 5) is 34.7. The molecule has 1 amide bonds. The summed E-state index contributed by atoms with van der Waals surface area (Å²) in [6, 6.07) is 4.38. The zero-order valence-corrected chi connectivity index (χ0v) is 12.1. The summed E-state index contributed by atoms with van der Waals surface area (Å²) in [5, 5.41) is 22.7. The highest BCUT2D eigenvalue weighted by atomic mass is 16.6. The van der Waals surface area contributed by atoms with Crippen LogP contribution in [-0.4, -0.2) is 41.5 Å². The summed E-state index contributed by atoms with van der Waals surface area (Å²) >= 11 is 0. The van der Waals surface area contributed by atoms with E-state index >= 15 is 0 Å². The minimum atomic E-state index is -0.977. The van der Waals surface area contributed by atoms with Crippen LogP contribution in [0.15, 0.2) is 18.2 Å². The normalized spacial score (nSPS) is 13.5. The van der Waals surface area contributed by atoms with E-state index in [1.165, 1.54) is 23.1 Å². The van der Waals surface area contributed by atoms with Crippen molar-refractivity contribution in [3.63, 3.8) is 0 Å². The van der Waals surface area contributed by atoms with Crippen molar-refractivity contribution >= 4 is 23.3 Å². The van der Waals surface area contributed by atoms with E-state index in [1.54, 1.807) is 7.05 Å². The number of carbonyl (C=O) groups excluding carboxylic acids is 1. The first-order valence-electron chi connectivity index (χ1n) is 6.90. The zero-order valence-electron chi connectivity index (χ0n) is 12.1. The third-order valence-corrected chi connectivity index (χ3v) is 3.42. The Balaban J connectivity index is 2.20. The molecule has 0 atom stereocenters. The molecule has 0 saturated heterocycles. The van der Waals surface area contributed by atoms with Gasteiger partial charge in [0.25, 0.3) is 11.6 Å². The fourth-order valence-electron chi connectivity index (χ4n) is 2.01. The van der Waals surface area contributed by atoms with Gasteiger partial charge in [0.05, 0.1) is 11.3 Å². The van der Waals surface area contributed by atoms with Gasteiger partial charge in [-0.2, -0.15) is 0 Å². The molecule has 1 aliphatic rings. The molecule has 118 valence electrons. The molecule has 0 heterocycles. The van der Waals surface area contributed by atoms with Crippen LogP contribution in [0.1, 0.15) is 29.6 Å². The molecule has 0 aliphatic heterocycles. The van der Waals surface area contributed by atoms with Crippen molar-refractivity contribution in [2.45, 2.75) is 25.3 Å². The largest absolute Gasteiger partial charge is 0.481 e. The van der Waals surface area contributed by atoms with Crippen molar-refractivity contribution in [1.82, 2.24) is 5.32 Å². The van der Waals surface area contributed by atoms with Gasteiger partial charge in [-0.3, -0.25) is 19.7 Å². The summed E-state index contributed by atoms with van der Waals surface area (Å²) in [6.45, 7) is 0.143. The summed E-state index contributed by atoms with van der Waals surface area (Å²) in [5.74, 6) is -1.31. The van der Waals surface area contributed by atoms with E-state index in [4.69, 9.17) is 5.11 Å². The predicted molar refractivity (Wildman–Crippen MR) is 79.1 cm³/mol. The molecular weight excluding hydrogens is 290 g/mol. The van der Waals surface area contributed by atoms with Crippen LogP contribution in [0.4, 0.5) is 11.4 Å². The first-order chi connectivity index (χ1) is 10.4. The molecule has 1 aromatic rings. The average molecular weight is 307 g/mol. The highest BCUT2D eigenvalue weighted by Crippen LogP contribution is 2.29. The minimum Gasteiger partial charge on any atom is -0.481 e. The number of nitrogens with zero attached hydrogens (tertiary/aromatic N) is 2. The first kappa shape index (κ1) is 15.7. The molecule has 0 unspecified atom stereocenters. The van der Waals surface area contributed by atoms with Gasteiger partial charge >= 0.3 is 5.97 Å². The van der Waals surface area contributed by atoms with Gasteiger partial charge < -0.3 is 15.3 Å². The van der Waals surface area contributed by atoms with Gasteiger partial charge in [0.2, 0.25) is 0 Å². The molecule has 1 aromatic carbocycles. The van der Waals surface area contributed by atoms with Gasteiger partial charge in [0, 0.05) is 31.3 Å². The van der Waals surface area contributed by atoms with Crippen LogP contribution in [0.3, 0.4) is 0 Å². The number of carbonyl (C=O) groups is 2. The van der Waals surface area contributed by atoms with Crippen molar-refractivity contribution in [2.75, 3.05) is 18.5 Å². The number of nitro benzene ring substituents is 1. The van der Waals surface area contributed by atoms with Gasteiger partial charge in [0.1, 0.15) is 5.69 Å². The van der Waals surface area contributed by atoms with Crippen LogP contribution < -0.4 is 10.2 Å². The highest BCUT2D eigenvalue weighted by molar-refractivity contribution is 5.96. The number of rotatable bonds is 7. The number of anilines is 1. The molecule has 2 N–H and O–H groups in total. The molecule has 0 spiro atoms. The van der Waals surface area contributed by atoms with Gasteiger partial charge in [-0.05, 0) is 25.0 Å². The Morgan fingerprint density at radius 1 is 1.45 bits per heavy atom. The number of hydrogen-bond donors (Lipinski definition) is 2. The second kappa shape index (κ2) is 6.42. The lowest BCUT2D eigenvalue weighted by atomic mass is 10.1. The van der Waals surface area contributed by atoms with E-state index in [1.807, 2.05) is 0 Å². The average Bonchev–Trinajstić information content (AvgIpc) is 3.27. The number of amides is 1. The molecule has 0 radical (unpaired) electrons. The highest BCUT2D eigenvalue weighted by Gasteiger charge is 2.25. The molecule has 1 aliphatic carbocycles. The predicted octanol–water partition coefficient (Wildman–Crippen LogP) is 1.40. The Hall–Kier alpha value is -2.64. The van der Waals surface area contributed by atoms with Crippen molar-refractivity contribution in [1.29, 1.82) is 0 Å². The van der Waals surface area contributed by atoms with Gasteiger partial charge in [-0.1, -0.05) is 0 Å². The van der Waals surface area contributed by atoms with Crippen LogP contribution in [0.25, 0.3) is 0 Å². The quantitative estimate of drug-likeness (QED) is 0.581. The summed E-state index contributed by atoms with van der Waals surface area (Å²) in [5.41, 5.74) is 0.305. The number of aliphatic carboxylic acids is 1. The Bertz CT molecular complexity index is 612. The fourth-order valence-corrected chi connectivity index (χ4v) is 2.01. The Kier molecular flexibility index (Phi) is 4.59. The number of benzene rings is 1. The standard InChI is InChI=1S/C14H17N3O5/c1-16(7-6-13(18)19)11-5-2-9(8-12(11)17(21)22)14(20)15-10-3-4-10/h2,5,8,10H,3-4,6-7H2,1H3,(H,15,20)(H,18,19). The molecule has 2 rings (SSSR count). The monoisotopic (exact) mass is 307 g/mol. The Morgan fingerprint density at radius 3 is 2.68 bits per heavy atom. The van der Waals surface area contributed by atoms with E-state index in [2.05, 4.69) is 5.32 Å². The maximum Gasteiger partial charge on any atom is 0.305 e. The summed E-state index contributed by atoms with van der Waals surface area (Å²) in [7, 11) is 1.58. The van der Waals surface area contributed by atoms with Gasteiger partial charge in [-0.15, -0.1) is 0 Å². The molecular formula is C14H17N3O5. The third-order valence-electron chi connectivity index (χ3n) is 3.42. The number of hydrogen-bond acceptors (Lipinski definition) is 5. The fraction of sp³-hybridized carbons (Fsp3) is 0.429. The molecule has 1 saturated carbocycles. The van der Waals surface area contributed by atoms with Crippen molar-refractivity contribution in [2.24, 2.45) is 0 Å². The lowest BCUT2D eigenvalue weighted by Gasteiger charge is -2.18. The Morgan fingerprint density at radius 2 is 2.14 bits per heavy atom. The van der Waals surface area contributed by atoms with Gasteiger partial charge in [-0.25, -0.2) is 0 Å². The maximum atomic E-state index is 11.9. The van der Waals surface area contributed by atoms with Crippen LogP contribution in [0.2, 0.25) is 0 Å². The molecule has 0 bridgehead atoms. The lowest BCUT2D eigenvalue weighted by molar-refractivity contribution is -0.384. The van der Waals surface area contributed by atoms with E-state index < -0.39 is 10.9 Å². The zero-order chi connectivity index (χ0) is 16.3. The molecule has 22 heavy (non-hydrogen) atoms. The number of carboxylic acids is 1. The topological polar surface area (TPSA) is 113 Å². The van der Waals surface area contributed by atoms with Crippen LogP contribution in [-0.2, 0) is 4.79 Å². The molecule has 1 fully saturated rings. The van der Waals surface area contributed by atoms with Crippen LogP contribution in [0.5, 0.6) is 0 Å². The van der Waals surface area contributed by atoms with Crippen molar-refractivity contribution < 1.29 is 19.6 Å².